The smallest absolute Gasteiger partial charge is 0.227 e. The van der Waals surface area contributed by atoms with Gasteiger partial charge in [0, 0.05) is 52.0 Å². The molecule has 0 bridgehead atoms. The number of nitrogens with one attached hydrogen (secondary N) is 1. The molecule has 3 aromatic rings. The lowest BCUT2D eigenvalue weighted by atomic mass is 9.84. The van der Waals surface area contributed by atoms with E-state index in [-0.39, 0.29) is 17.5 Å². The van der Waals surface area contributed by atoms with Crippen LogP contribution in [-0.4, -0.2) is 49.0 Å². The van der Waals surface area contributed by atoms with Crippen LogP contribution in [0.25, 0.3) is 0 Å². The zero-order valence-electron chi connectivity index (χ0n) is 17.3. The number of Topliss-reactive ketones (excluding diaryl/α,β-unsaturated/α-hetero) is 1. The van der Waals surface area contributed by atoms with Crippen LogP contribution >= 0.6 is 0 Å². The van der Waals surface area contributed by atoms with Gasteiger partial charge in [-0.3, -0.25) is 4.79 Å². The van der Waals surface area contributed by atoms with E-state index in [0.717, 1.165) is 11.5 Å². The quantitative estimate of drug-likeness (QED) is 0.691. The molecule has 160 valence electrons. The molecular formula is C23H24FN5O2. The molecule has 7 nitrogen and oxygen atoms in total. The number of benzene rings is 1. The summed E-state index contributed by atoms with van der Waals surface area (Å²) in [5.41, 5.74) is 1.96. The Morgan fingerprint density at radius 1 is 1.03 bits per heavy atom. The van der Waals surface area contributed by atoms with Crippen molar-refractivity contribution < 1.29 is 13.6 Å². The van der Waals surface area contributed by atoms with Gasteiger partial charge in [-0.15, -0.1) is 0 Å². The fraction of sp³-hybridized carbons (Fsp3) is 0.348. The Balaban J connectivity index is 1.39. The largest absolute Gasteiger partial charge is 0.469 e. The molecular weight excluding hydrogens is 397 g/mol. The summed E-state index contributed by atoms with van der Waals surface area (Å²) in [4.78, 5) is 26.5. The van der Waals surface area contributed by atoms with Crippen LogP contribution in [-0.2, 0) is 6.42 Å². The van der Waals surface area contributed by atoms with E-state index in [1.807, 2.05) is 23.1 Å². The average Bonchev–Trinajstić information content (AvgIpc) is 3.34. The summed E-state index contributed by atoms with van der Waals surface area (Å²) in [6.07, 6.45) is 2.65. The maximum atomic E-state index is 14.1. The Morgan fingerprint density at radius 2 is 1.81 bits per heavy atom. The molecule has 2 aliphatic rings. The second-order valence-corrected chi connectivity index (χ2v) is 7.91. The van der Waals surface area contributed by atoms with Gasteiger partial charge in [-0.25, -0.2) is 9.37 Å². The molecule has 1 aliphatic heterocycles. The first-order valence-electron chi connectivity index (χ1n) is 10.5. The second kappa shape index (κ2) is 8.02. The van der Waals surface area contributed by atoms with Crippen molar-refractivity contribution >= 4 is 23.2 Å². The van der Waals surface area contributed by atoms with Crippen LogP contribution in [0.5, 0.6) is 0 Å². The normalized spacial score (nSPS) is 18.8. The highest BCUT2D eigenvalue weighted by Gasteiger charge is 2.33. The van der Waals surface area contributed by atoms with Crippen LogP contribution in [0.4, 0.5) is 21.8 Å². The summed E-state index contributed by atoms with van der Waals surface area (Å²) in [7, 11) is 1.77. The monoisotopic (exact) mass is 421 g/mol. The minimum absolute atomic E-state index is 0.0136. The molecule has 0 saturated carbocycles. The summed E-state index contributed by atoms with van der Waals surface area (Å²) in [6.45, 7) is 2.69. The second-order valence-electron chi connectivity index (χ2n) is 7.91. The summed E-state index contributed by atoms with van der Waals surface area (Å²) in [5.74, 6) is 1.79. The SMILES string of the molecule is CNc1nc(N2CCN(c3ccccc3F)CC2)nc2c1C(=O)C[C@H](c1ccco1)C2. The molecule has 8 heteroatoms. The number of carbonyl (C=O) groups is 1. The fourth-order valence-electron chi connectivity index (χ4n) is 4.47. The Labute approximate surface area is 179 Å². The number of fused-ring (bicyclic) bond motifs is 1. The standard InChI is InChI=1S/C23H24FN5O2/c1-25-22-21-17(13-15(14-19(21)30)20-7-4-12-31-20)26-23(27-22)29-10-8-28(9-11-29)18-6-3-2-5-16(18)24/h2-7,12,15H,8-11,13-14H2,1H3,(H,25,26,27)/t15-/m1/s1. The molecule has 2 aromatic heterocycles. The van der Waals surface area contributed by atoms with Gasteiger partial charge in [0.1, 0.15) is 17.4 Å². The number of hydrogen-bond donors (Lipinski definition) is 1. The Hall–Kier alpha value is -3.42. The number of carbonyl (C=O) groups excluding carboxylic acids is 1. The van der Waals surface area contributed by atoms with Gasteiger partial charge in [0.05, 0.1) is 23.2 Å². The highest BCUT2D eigenvalue weighted by Crippen LogP contribution is 2.35. The van der Waals surface area contributed by atoms with E-state index < -0.39 is 0 Å². The van der Waals surface area contributed by atoms with Gasteiger partial charge in [-0.1, -0.05) is 12.1 Å². The molecule has 1 fully saturated rings. The molecule has 0 unspecified atom stereocenters. The molecule has 1 aliphatic carbocycles. The van der Waals surface area contributed by atoms with Crippen molar-refractivity contribution in [2.75, 3.05) is 48.3 Å². The molecule has 1 saturated heterocycles. The molecule has 1 N–H and O–H groups in total. The Bertz CT molecular complexity index is 1090. The van der Waals surface area contributed by atoms with Gasteiger partial charge < -0.3 is 19.5 Å². The van der Waals surface area contributed by atoms with Crippen molar-refractivity contribution in [3.63, 3.8) is 0 Å². The topological polar surface area (TPSA) is 74.5 Å². The number of rotatable bonds is 4. The number of nitrogens with zero attached hydrogens (tertiary/aromatic N) is 4. The van der Waals surface area contributed by atoms with E-state index in [1.165, 1.54) is 6.07 Å². The highest BCUT2D eigenvalue weighted by atomic mass is 19.1. The predicted octanol–water partition coefficient (Wildman–Crippen LogP) is 3.49. The first-order chi connectivity index (χ1) is 15.1. The third-order valence-corrected chi connectivity index (χ3v) is 6.06. The zero-order valence-corrected chi connectivity index (χ0v) is 17.3. The number of anilines is 3. The number of aromatic nitrogens is 2. The molecule has 1 aromatic carbocycles. The van der Waals surface area contributed by atoms with E-state index in [2.05, 4.69) is 15.2 Å². The van der Waals surface area contributed by atoms with Crippen molar-refractivity contribution in [2.24, 2.45) is 0 Å². The third-order valence-electron chi connectivity index (χ3n) is 6.06. The van der Waals surface area contributed by atoms with Crippen molar-refractivity contribution in [3.8, 4) is 0 Å². The molecule has 5 rings (SSSR count). The third kappa shape index (κ3) is 3.62. The van der Waals surface area contributed by atoms with Crippen molar-refractivity contribution in [1.82, 2.24) is 9.97 Å². The minimum Gasteiger partial charge on any atom is -0.469 e. The van der Waals surface area contributed by atoms with Gasteiger partial charge in [0.2, 0.25) is 5.95 Å². The van der Waals surface area contributed by atoms with E-state index in [4.69, 9.17) is 9.40 Å². The van der Waals surface area contributed by atoms with E-state index in [0.29, 0.717) is 62.0 Å². The fourth-order valence-corrected chi connectivity index (χ4v) is 4.47. The van der Waals surface area contributed by atoms with Crippen molar-refractivity contribution in [3.05, 3.63) is 65.5 Å². The number of hydrogen-bond acceptors (Lipinski definition) is 7. The Kier molecular flexibility index (Phi) is 5.05. The van der Waals surface area contributed by atoms with Crippen LogP contribution in [0.3, 0.4) is 0 Å². The number of furan rings is 1. The summed E-state index contributed by atoms with van der Waals surface area (Å²) in [6, 6.07) is 10.6. The van der Waals surface area contributed by atoms with E-state index in [9.17, 15) is 9.18 Å². The lowest BCUT2D eigenvalue weighted by molar-refractivity contribution is 0.0959. The van der Waals surface area contributed by atoms with Crippen molar-refractivity contribution in [2.45, 2.75) is 18.8 Å². The van der Waals surface area contributed by atoms with Crippen LogP contribution < -0.4 is 15.1 Å². The summed E-state index contributed by atoms with van der Waals surface area (Å²) < 4.78 is 19.7. The van der Waals surface area contributed by atoms with Gasteiger partial charge in [0.25, 0.3) is 0 Å². The number of para-hydroxylation sites is 1. The molecule has 0 spiro atoms. The average molecular weight is 421 g/mol. The molecule has 3 heterocycles. The molecule has 1 atom stereocenters. The number of halogens is 1. The maximum Gasteiger partial charge on any atom is 0.227 e. The summed E-state index contributed by atoms with van der Waals surface area (Å²) >= 11 is 0. The highest BCUT2D eigenvalue weighted by molar-refractivity contribution is 6.03. The van der Waals surface area contributed by atoms with Gasteiger partial charge in [0.15, 0.2) is 5.78 Å². The van der Waals surface area contributed by atoms with Crippen LogP contribution in [0.15, 0.2) is 47.1 Å². The van der Waals surface area contributed by atoms with Crippen molar-refractivity contribution in [1.29, 1.82) is 0 Å². The lowest BCUT2D eigenvalue weighted by Crippen LogP contribution is -2.47. The van der Waals surface area contributed by atoms with Gasteiger partial charge in [-0.2, -0.15) is 4.98 Å². The molecule has 0 radical (unpaired) electrons. The Morgan fingerprint density at radius 3 is 2.52 bits per heavy atom. The first-order valence-corrected chi connectivity index (χ1v) is 10.5. The number of ketones is 1. The predicted molar refractivity (Wildman–Crippen MR) is 117 cm³/mol. The van der Waals surface area contributed by atoms with Crippen LogP contribution in [0, 0.1) is 5.82 Å². The first kappa shape index (κ1) is 19.5. The van der Waals surface area contributed by atoms with Gasteiger partial charge in [-0.05, 0) is 24.3 Å². The zero-order chi connectivity index (χ0) is 21.4. The van der Waals surface area contributed by atoms with Gasteiger partial charge >= 0.3 is 0 Å². The molecule has 31 heavy (non-hydrogen) atoms. The summed E-state index contributed by atoms with van der Waals surface area (Å²) in [5, 5.41) is 3.07. The molecule has 0 amide bonds. The van der Waals surface area contributed by atoms with Crippen LogP contribution in [0.1, 0.15) is 34.2 Å². The van der Waals surface area contributed by atoms with E-state index >= 15 is 0 Å². The maximum absolute atomic E-state index is 14.1. The van der Waals surface area contributed by atoms with E-state index in [1.54, 1.807) is 25.4 Å². The van der Waals surface area contributed by atoms with Crippen LogP contribution in [0.2, 0.25) is 0 Å². The number of piperazine rings is 1. The minimum atomic E-state index is -0.207. The lowest BCUT2D eigenvalue weighted by Gasteiger charge is -2.36.